The third kappa shape index (κ3) is 4.16. The first-order chi connectivity index (χ1) is 10.1. The molecule has 21 heavy (non-hydrogen) atoms. The maximum atomic E-state index is 11.5. The van der Waals surface area contributed by atoms with E-state index in [-0.39, 0.29) is 5.91 Å². The van der Waals surface area contributed by atoms with Gasteiger partial charge in [-0.3, -0.25) is 4.79 Å². The molecular formula is C14H19BrN2O4. The van der Waals surface area contributed by atoms with Crippen molar-refractivity contribution in [2.45, 2.75) is 12.5 Å². The number of nitrogens with one attached hydrogen (secondary N) is 1. The summed E-state index contributed by atoms with van der Waals surface area (Å²) in [4.78, 5) is 11.5. The van der Waals surface area contributed by atoms with Crippen molar-refractivity contribution in [1.82, 2.24) is 0 Å². The van der Waals surface area contributed by atoms with Crippen LogP contribution in [0.15, 0.2) is 16.6 Å². The van der Waals surface area contributed by atoms with Crippen molar-refractivity contribution < 1.29 is 19.0 Å². The van der Waals surface area contributed by atoms with Crippen LogP contribution < -0.4 is 15.8 Å². The average molecular weight is 359 g/mol. The van der Waals surface area contributed by atoms with Gasteiger partial charge in [0.2, 0.25) is 5.91 Å². The summed E-state index contributed by atoms with van der Waals surface area (Å²) in [5.74, 6) is 0.487. The normalized spacial score (nSPS) is 16.7. The second kappa shape index (κ2) is 7.74. The van der Waals surface area contributed by atoms with Gasteiger partial charge in [-0.25, -0.2) is 0 Å². The Kier molecular flexibility index (Phi) is 5.98. The number of methoxy groups -OCH3 is 1. The van der Waals surface area contributed by atoms with Crippen LogP contribution >= 0.6 is 15.9 Å². The van der Waals surface area contributed by atoms with Crippen molar-refractivity contribution in [3.63, 3.8) is 0 Å². The van der Waals surface area contributed by atoms with Crippen molar-refractivity contribution in [3.05, 3.63) is 22.2 Å². The zero-order chi connectivity index (χ0) is 15.2. The SMILES string of the molecule is COCCOCCCOc1cc2c(cc1Br)C(N)C(=O)N2. The van der Waals surface area contributed by atoms with Gasteiger partial charge in [-0.1, -0.05) is 0 Å². The molecule has 1 aromatic carbocycles. The molecule has 1 heterocycles. The average Bonchev–Trinajstić information content (AvgIpc) is 2.73. The first-order valence-electron chi connectivity index (χ1n) is 6.73. The molecule has 0 saturated heterocycles. The fraction of sp³-hybridized carbons (Fsp3) is 0.500. The summed E-state index contributed by atoms with van der Waals surface area (Å²) < 4.78 is 16.7. The van der Waals surface area contributed by atoms with Crippen LogP contribution in [0, 0.1) is 0 Å². The van der Waals surface area contributed by atoms with E-state index in [1.165, 1.54) is 0 Å². The van der Waals surface area contributed by atoms with E-state index in [1.807, 2.05) is 6.07 Å². The predicted molar refractivity (Wildman–Crippen MR) is 82.5 cm³/mol. The molecule has 0 aromatic heterocycles. The van der Waals surface area contributed by atoms with E-state index in [4.69, 9.17) is 19.9 Å². The molecule has 0 bridgehead atoms. The molecule has 1 aliphatic rings. The zero-order valence-electron chi connectivity index (χ0n) is 11.9. The minimum absolute atomic E-state index is 0.194. The number of hydrogen-bond donors (Lipinski definition) is 2. The lowest BCUT2D eigenvalue weighted by Crippen LogP contribution is -2.19. The summed E-state index contributed by atoms with van der Waals surface area (Å²) in [5, 5.41) is 2.74. The first kappa shape index (κ1) is 16.2. The smallest absolute Gasteiger partial charge is 0.245 e. The van der Waals surface area contributed by atoms with Crippen LogP contribution in [0.5, 0.6) is 5.75 Å². The summed E-state index contributed by atoms with van der Waals surface area (Å²) in [6.07, 6.45) is 0.777. The van der Waals surface area contributed by atoms with Crippen LogP contribution in [0.4, 0.5) is 5.69 Å². The number of carbonyl (C=O) groups excluding carboxylic acids is 1. The summed E-state index contributed by atoms with van der Waals surface area (Å²) in [5.41, 5.74) is 7.28. The van der Waals surface area contributed by atoms with Gasteiger partial charge in [0.05, 0.1) is 24.3 Å². The fourth-order valence-corrected chi connectivity index (χ4v) is 2.46. The number of anilines is 1. The minimum Gasteiger partial charge on any atom is -0.492 e. The molecule has 116 valence electrons. The molecule has 2 rings (SSSR count). The van der Waals surface area contributed by atoms with Crippen LogP contribution in [0.1, 0.15) is 18.0 Å². The minimum atomic E-state index is -0.612. The van der Waals surface area contributed by atoms with Crippen molar-refractivity contribution >= 4 is 27.5 Å². The molecule has 3 N–H and O–H groups in total. The van der Waals surface area contributed by atoms with Crippen molar-refractivity contribution in [2.75, 3.05) is 38.9 Å². The van der Waals surface area contributed by atoms with Gasteiger partial charge >= 0.3 is 0 Å². The summed E-state index contributed by atoms with van der Waals surface area (Å²) in [6.45, 7) is 2.33. The van der Waals surface area contributed by atoms with Crippen LogP contribution in [-0.4, -0.2) is 39.4 Å². The molecular weight excluding hydrogens is 340 g/mol. The zero-order valence-corrected chi connectivity index (χ0v) is 13.4. The van der Waals surface area contributed by atoms with E-state index in [1.54, 1.807) is 13.2 Å². The predicted octanol–water partition coefficient (Wildman–Crippen LogP) is 1.83. The highest BCUT2D eigenvalue weighted by Gasteiger charge is 2.28. The van der Waals surface area contributed by atoms with Crippen LogP contribution in [0.3, 0.4) is 0 Å². The maximum Gasteiger partial charge on any atom is 0.245 e. The van der Waals surface area contributed by atoms with Gasteiger partial charge in [-0.15, -0.1) is 0 Å². The number of ether oxygens (including phenoxy) is 3. The van der Waals surface area contributed by atoms with Gasteiger partial charge < -0.3 is 25.3 Å². The molecule has 0 radical (unpaired) electrons. The molecule has 0 fully saturated rings. The van der Waals surface area contributed by atoms with Gasteiger partial charge in [0.15, 0.2) is 0 Å². The Bertz CT molecular complexity index is 510. The van der Waals surface area contributed by atoms with Crippen molar-refractivity contribution in [3.8, 4) is 5.75 Å². The third-order valence-corrected chi connectivity index (χ3v) is 3.72. The lowest BCUT2D eigenvalue weighted by Gasteiger charge is -2.11. The molecule has 1 unspecified atom stereocenters. The van der Waals surface area contributed by atoms with Crippen molar-refractivity contribution in [2.24, 2.45) is 5.73 Å². The molecule has 6 nitrogen and oxygen atoms in total. The molecule has 0 aliphatic carbocycles. The van der Waals surface area contributed by atoms with E-state index in [0.717, 1.165) is 16.5 Å². The molecule has 0 saturated carbocycles. The highest BCUT2D eigenvalue weighted by molar-refractivity contribution is 9.10. The number of benzene rings is 1. The van der Waals surface area contributed by atoms with Gasteiger partial charge in [0, 0.05) is 37.5 Å². The number of amides is 1. The topological polar surface area (TPSA) is 82.8 Å². The number of hydrogen-bond acceptors (Lipinski definition) is 5. The van der Waals surface area contributed by atoms with E-state index in [0.29, 0.717) is 37.9 Å². The summed E-state index contributed by atoms with van der Waals surface area (Å²) >= 11 is 3.43. The summed E-state index contributed by atoms with van der Waals surface area (Å²) in [7, 11) is 1.64. The highest BCUT2D eigenvalue weighted by Crippen LogP contribution is 2.37. The Morgan fingerprint density at radius 2 is 2.10 bits per heavy atom. The number of halogens is 1. The number of nitrogens with two attached hydrogens (primary N) is 1. The first-order valence-corrected chi connectivity index (χ1v) is 7.52. The third-order valence-electron chi connectivity index (χ3n) is 3.10. The van der Waals surface area contributed by atoms with Gasteiger partial charge in [0.25, 0.3) is 0 Å². The fourth-order valence-electron chi connectivity index (χ4n) is 1.98. The maximum absolute atomic E-state index is 11.5. The second-order valence-corrected chi connectivity index (χ2v) is 5.50. The van der Waals surface area contributed by atoms with Crippen LogP contribution in [-0.2, 0) is 14.3 Å². The lowest BCUT2D eigenvalue weighted by atomic mass is 10.1. The molecule has 1 aliphatic heterocycles. The Balaban J connectivity index is 1.82. The van der Waals surface area contributed by atoms with Gasteiger partial charge in [-0.05, 0) is 22.0 Å². The van der Waals surface area contributed by atoms with E-state index in [9.17, 15) is 4.79 Å². The Labute approximate surface area is 132 Å². The lowest BCUT2D eigenvalue weighted by molar-refractivity contribution is -0.116. The van der Waals surface area contributed by atoms with Crippen LogP contribution in [0.25, 0.3) is 0 Å². The second-order valence-electron chi connectivity index (χ2n) is 4.64. The molecule has 0 spiro atoms. The summed E-state index contributed by atoms with van der Waals surface area (Å²) in [6, 6.07) is 3.00. The quantitative estimate of drug-likeness (QED) is 0.692. The van der Waals surface area contributed by atoms with E-state index >= 15 is 0 Å². The molecule has 7 heteroatoms. The van der Waals surface area contributed by atoms with Gasteiger partial charge in [0.1, 0.15) is 11.8 Å². The number of carbonyl (C=O) groups is 1. The standard InChI is InChI=1S/C14H19BrN2O4/c1-19-5-6-20-3-2-4-21-12-8-11-9(7-10(12)15)13(16)14(18)17-11/h7-8,13H,2-6,16H2,1H3,(H,17,18). The molecule has 1 atom stereocenters. The van der Waals surface area contributed by atoms with E-state index in [2.05, 4.69) is 21.2 Å². The van der Waals surface area contributed by atoms with Gasteiger partial charge in [-0.2, -0.15) is 0 Å². The highest BCUT2D eigenvalue weighted by atomic mass is 79.9. The largest absolute Gasteiger partial charge is 0.492 e. The monoisotopic (exact) mass is 358 g/mol. The molecule has 1 aromatic rings. The number of rotatable bonds is 8. The number of fused-ring (bicyclic) bond motifs is 1. The Morgan fingerprint density at radius 1 is 1.29 bits per heavy atom. The van der Waals surface area contributed by atoms with Crippen LogP contribution in [0.2, 0.25) is 0 Å². The Morgan fingerprint density at radius 3 is 2.86 bits per heavy atom. The molecule has 1 amide bonds. The van der Waals surface area contributed by atoms with Crippen molar-refractivity contribution in [1.29, 1.82) is 0 Å². The Hall–Kier alpha value is -1.15. The van der Waals surface area contributed by atoms with E-state index < -0.39 is 6.04 Å².